The van der Waals surface area contributed by atoms with Crippen LogP contribution in [0.25, 0.3) is 22.0 Å². The second-order valence-electron chi connectivity index (χ2n) is 4.49. The van der Waals surface area contributed by atoms with Gasteiger partial charge >= 0.3 is 0 Å². The van der Waals surface area contributed by atoms with Crippen molar-refractivity contribution in [2.75, 3.05) is 0 Å². The molecule has 0 N–H and O–H groups in total. The van der Waals surface area contributed by atoms with Crippen molar-refractivity contribution in [3.05, 3.63) is 66.1 Å². The van der Waals surface area contributed by atoms with Crippen LogP contribution >= 0.6 is 0 Å². The fraction of sp³-hybridized carbons (Fsp3) is 0.118. The lowest BCUT2D eigenvalue weighted by atomic mass is 10.0. The van der Waals surface area contributed by atoms with Gasteiger partial charge in [-0.2, -0.15) is 0 Å². The summed E-state index contributed by atoms with van der Waals surface area (Å²) in [5.74, 6) is -0.196. The number of hydrogen-bond donors (Lipinski definition) is 0. The van der Waals surface area contributed by atoms with Crippen LogP contribution in [0.1, 0.15) is 12.6 Å². The van der Waals surface area contributed by atoms with Crippen molar-refractivity contribution in [2.45, 2.75) is 13.3 Å². The van der Waals surface area contributed by atoms with E-state index in [0.29, 0.717) is 17.5 Å². The van der Waals surface area contributed by atoms with E-state index in [2.05, 4.69) is 4.98 Å². The number of nitrogens with zero attached hydrogens (tertiary/aromatic N) is 1. The Bertz CT molecular complexity index is 720. The summed E-state index contributed by atoms with van der Waals surface area (Å²) in [5.41, 5.74) is 2.40. The maximum Gasteiger partial charge on any atom is 0.152 e. The summed E-state index contributed by atoms with van der Waals surface area (Å²) >= 11 is 0. The lowest BCUT2D eigenvalue weighted by molar-refractivity contribution is 0.615. The second-order valence-corrected chi connectivity index (χ2v) is 4.49. The van der Waals surface area contributed by atoms with Gasteiger partial charge in [0.2, 0.25) is 0 Å². The van der Waals surface area contributed by atoms with Crippen molar-refractivity contribution in [1.29, 1.82) is 0 Å². The lowest BCUT2D eigenvalue weighted by Crippen LogP contribution is -1.98. The Balaban J connectivity index is 2.39. The average molecular weight is 251 g/mol. The Morgan fingerprint density at radius 2 is 1.53 bits per heavy atom. The molecule has 0 bridgehead atoms. The molecule has 1 heterocycles. The highest BCUT2D eigenvalue weighted by Crippen LogP contribution is 2.29. The quantitative estimate of drug-likeness (QED) is 0.648. The normalized spacial score (nSPS) is 10.8. The minimum absolute atomic E-state index is 0.196. The predicted molar refractivity (Wildman–Crippen MR) is 76.5 cm³/mol. The van der Waals surface area contributed by atoms with Crippen LogP contribution < -0.4 is 0 Å². The molecule has 0 aliphatic heterocycles. The van der Waals surface area contributed by atoms with Gasteiger partial charge in [-0.3, -0.25) is 0 Å². The molecule has 2 aromatic carbocycles. The van der Waals surface area contributed by atoms with Gasteiger partial charge in [-0.1, -0.05) is 61.5 Å². The topological polar surface area (TPSA) is 12.9 Å². The lowest BCUT2D eigenvalue weighted by Gasteiger charge is -2.10. The first-order chi connectivity index (χ1) is 9.31. The zero-order valence-electron chi connectivity index (χ0n) is 10.7. The number of rotatable bonds is 2. The van der Waals surface area contributed by atoms with Gasteiger partial charge in [-0.15, -0.1) is 0 Å². The molecule has 0 amide bonds. The van der Waals surface area contributed by atoms with E-state index >= 15 is 0 Å². The average Bonchev–Trinajstić information content (AvgIpc) is 2.49. The molecule has 0 saturated carbocycles. The third-order valence-corrected chi connectivity index (χ3v) is 3.30. The van der Waals surface area contributed by atoms with Crippen LogP contribution in [0.3, 0.4) is 0 Å². The first-order valence-electron chi connectivity index (χ1n) is 6.43. The van der Waals surface area contributed by atoms with E-state index in [1.54, 1.807) is 0 Å². The molecule has 1 nitrogen and oxygen atoms in total. The zero-order valence-corrected chi connectivity index (χ0v) is 10.7. The SMILES string of the molecule is CCc1nc(-c2ccccc2)c2ccccc2c1F. The summed E-state index contributed by atoms with van der Waals surface area (Å²) in [6, 6.07) is 17.4. The van der Waals surface area contributed by atoms with Crippen LogP contribution in [-0.4, -0.2) is 4.98 Å². The molecule has 94 valence electrons. The molecule has 2 heteroatoms. The van der Waals surface area contributed by atoms with E-state index in [1.165, 1.54) is 0 Å². The molecule has 19 heavy (non-hydrogen) atoms. The number of aromatic nitrogens is 1. The first kappa shape index (κ1) is 11.8. The van der Waals surface area contributed by atoms with Gasteiger partial charge in [-0.05, 0) is 6.42 Å². The molecule has 0 fully saturated rings. The smallest absolute Gasteiger partial charge is 0.152 e. The molecule has 0 unspecified atom stereocenters. The van der Waals surface area contributed by atoms with Crippen molar-refractivity contribution in [1.82, 2.24) is 4.98 Å². The number of aryl methyl sites for hydroxylation is 1. The Hall–Kier alpha value is -2.22. The fourth-order valence-corrected chi connectivity index (χ4v) is 2.33. The number of pyridine rings is 1. The van der Waals surface area contributed by atoms with E-state index in [9.17, 15) is 4.39 Å². The summed E-state index contributed by atoms with van der Waals surface area (Å²) in [5, 5.41) is 1.51. The van der Waals surface area contributed by atoms with E-state index in [0.717, 1.165) is 16.6 Å². The van der Waals surface area contributed by atoms with Gasteiger partial charge in [0.05, 0.1) is 11.4 Å². The standard InChI is InChI=1S/C17H14FN/c1-2-15-16(18)13-10-6-7-11-14(13)17(19-15)12-8-4-3-5-9-12/h3-11H,2H2,1H3. The van der Waals surface area contributed by atoms with Gasteiger partial charge in [0.1, 0.15) is 0 Å². The van der Waals surface area contributed by atoms with Gasteiger partial charge in [0, 0.05) is 16.3 Å². The minimum Gasteiger partial charge on any atom is -0.249 e. The Kier molecular flexibility index (Phi) is 3.00. The van der Waals surface area contributed by atoms with E-state index < -0.39 is 0 Å². The second kappa shape index (κ2) is 4.81. The largest absolute Gasteiger partial charge is 0.249 e. The summed E-state index contributed by atoms with van der Waals surface area (Å²) in [6.45, 7) is 1.93. The van der Waals surface area contributed by atoms with Crippen LogP contribution in [0.5, 0.6) is 0 Å². The Labute approximate surface area is 111 Å². The number of halogens is 1. The Morgan fingerprint density at radius 3 is 2.21 bits per heavy atom. The maximum absolute atomic E-state index is 14.3. The van der Waals surface area contributed by atoms with Crippen molar-refractivity contribution >= 4 is 10.8 Å². The van der Waals surface area contributed by atoms with E-state index in [1.807, 2.05) is 61.5 Å². The van der Waals surface area contributed by atoms with Crippen molar-refractivity contribution in [3.8, 4) is 11.3 Å². The molecule has 1 aromatic heterocycles. The van der Waals surface area contributed by atoms with Crippen molar-refractivity contribution < 1.29 is 4.39 Å². The van der Waals surface area contributed by atoms with Gasteiger partial charge in [0.25, 0.3) is 0 Å². The van der Waals surface area contributed by atoms with Gasteiger partial charge in [-0.25, -0.2) is 9.37 Å². The van der Waals surface area contributed by atoms with Crippen LogP contribution in [0.2, 0.25) is 0 Å². The molecular weight excluding hydrogens is 237 g/mol. The maximum atomic E-state index is 14.3. The highest BCUT2D eigenvalue weighted by molar-refractivity contribution is 5.95. The van der Waals surface area contributed by atoms with Crippen LogP contribution in [0, 0.1) is 5.82 Å². The third-order valence-electron chi connectivity index (χ3n) is 3.30. The number of benzene rings is 2. The minimum atomic E-state index is -0.196. The molecule has 0 radical (unpaired) electrons. The van der Waals surface area contributed by atoms with Crippen LogP contribution in [0.15, 0.2) is 54.6 Å². The van der Waals surface area contributed by atoms with Crippen LogP contribution in [0.4, 0.5) is 4.39 Å². The molecule has 3 aromatic rings. The van der Waals surface area contributed by atoms with Gasteiger partial charge in [0.15, 0.2) is 5.82 Å². The van der Waals surface area contributed by atoms with E-state index in [-0.39, 0.29) is 5.82 Å². The monoisotopic (exact) mass is 251 g/mol. The fourth-order valence-electron chi connectivity index (χ4n) is 2.33. The highest BCUT2D eigenvalue weighted by atomic mass is 19.1. The molecule has 0 aliphatic rings. The molecule has 0 saturated heterocycles. The predicted octanol–water partition coefficient (Wildman–Crippen LogP) is 4.60. The van der Waals surface area contributed by atoms with E-state index in [4.69, 9.17) is 0 Å². The molecular formula is C17H14FN. The zero-order chi connectivity index (χ0) is 13.2. The summed E-state index contributed by atoms with van der Waals surface area (Å²) < 4.78 is 14.3. The molecule has 0 spiro atoms. The first-order valence-corrected chi connectivity index (χ1v) is 6.43. The number of hydrogen-bond acceptors (Lipinski definition) is 1. The Morgan fingerprint density at radius 1 is 0.895 bits per heavy atom. The summed E-state index contributed by atoms with van der Waals surface area (Å²) in [6.07, 6.45) is 0.594. The summed E-state index contributed by atoms with van der Waals surface area (Å²) in [7, 11) is 0. The van der Waals surface area contributed by atoms with Crippen LogP contribution in [-0.2, 0) is 6.42 Å². The molecule has 3 rings (SSSR count). The van der Waals surface area contributed by atoms with Crippen molar-refractivity contribution in [3.63, 3.8) is 0 Å². The van der Waals surface area contributed by atoms with Crippen molar-refractivity contribution in [2.24, 2.45) is 0 Å². The third kappa shape index (κ3) is 1.99. The molecule has 0 atom stereocenters. The van der Waals surface area contributed by atoms with Gasteiger partial charge < -0.3 is 0 Å². The highest BCUT2D eigenvalue weighted by Gasteiger charge is 2.13. The summed E-state index contributed by atoms with van der Waals surface area (Å²) in [4.78, 5) is 4.51. The number of fused-ring (bicyclic) bond motifs is 1. The molecule has 0 aliphatic carbocycles.